The molecule has 0 unspecified atom stereocenters. The summed E-state index contributed by atoms with van der Waals surface area (Å²) in [5, 5.41) is 14.4. The van der Waals surface area contributed by atoms with Gasteiger partial charge >= 0.3 is 0 Å². The molecule has 36 heavy (non-hydrogen) atoms. The Hall–Kier alpha value is -4.56. The Morgan fingerprint density at radius 3 is 1.72 bits per heavy atom. The third-order valence-corrected chi connectivity index (χ3v) is 7.79. The Kier molecular flexibility index (Phi) is 3.83. The quantitative estimate of drug-likeness (QED) is 0.205. The topological polar surface area (TPSA) is 17.0 Å². The van der Waals surface area contributed by atoms with Gasteiger partial charge in [0, 0.05) is 16.5 Å². The van der Waals surface area contributed by atoms with Crippen molar-refractivity contribution in [1.82, 2.24) is 4.57 Å². The lowest BCUT2D eigenvalue weighted by atomic mass is 9.90. The molecule has 0 amide bonds. The second-order valence-electron chi connectivity index (χ2n) is 10.1. The van der Waals surface area contributed by atoms with Crippen molar-refractivity contribution in [2.75, 3.05) is 5.32 Å². The van der Waals surface area contributed by atoms with Crippen LogP contribution in [-0.2, 0) is 0 Å². The predicted octanol–water partition coefficient (Wildman–Crippen LogP) is 9.48. The molecule has 0 saturated heterocycles. The van der Waals surface area contributed by atoms with Crippen LogP contribution in [0, 0.1) is 13.8 Å². The Morgan fingerprint density at radius 2 is 1.11 bits per heavy atom. The van der Waals surface area contributed by atoms with Gasteiger partial charge in [0.25, 0.3) is 0 Å². The van der Waals surface area contributed by atoms with E-state index in [1.54, 1.807) is 0 Å². The van der Waals surface area contributed by atoms with E-state index in [4.69, 9.17) is 0 Å². The lowest BCUT2D eigenvalue weighted by Crippen LogP contribution is -2.01. The fourth-order valence-corrected chi connectivity index (χ4v) is 6.18. The molecule has 0 spiro atoms. The van der Waals surface area contributed by atoms with E-state index < -0.39 is 0 Å². The standard InChI is InChI=1S/C34H24N2/c1-20-9-14-24(15-10-20)35-27-16-11-21(2)19-30(27)36-28-17-12-22-5-3-7-25-26-8-4-6-23-13-18-29(36)34(32(23)26)33(28)31(22)25/h3-19,35H,1-2H3. The van der Waals surface area contributed by atoms with E-state index >= 15 is 0 Å². The second-order valence-corrected chi connectivity index (χ2v) is 10.1. The van der Waals surface area contributed by atoms with Gasteiger partial charge in [0.1, 0.15) is 0 Å². The van der Waals surface area contributed by atoms with Crippen LogP contribution in [0.2, 0.25) is 0 Å². The average molecular weight is 461 g/mol. The van der Waals surface area contributed by atoms with Gasteiger partial charge in [-0.3, -0.25) is 0 Å². The molecule has 0 bridgehead atoms. The molecular formula is C34H24N2. The van der Waals surface area contributed by atoms with E-state index in [1.165, 1.54) is 70.9 Å². The minimum atomic E-state index is 1.09. The van der Waals surface area contributed by atoms with Crippen molar-refractivity contribution in [2.24, 2.45) is 0 Å². The van der Waals surface area contributed by atoms with Crippen LogP contribution in [0.3, 0.4) is 0 Å². The largest absolute Gasteiger partial charge is 0.354 e. The highest BCUT2D eigenvalue weighted by molar-refractivity contribution is 6.40. The minimum absolute atomic E-state index is 1.09. The van der Waals surface area contributed by atoms with Crippen LogP contribution in [0.25, 0.3) is 59.8 Å². The third-order valence-electron chi connectivity index (χ3n) is 7.79. The molecule has 0 saturated carbocycles. The van der Waals surface area contributed by atoms with E-state index in [2.05, 4.69) is 127 Å². The van der Waals surface area contributed by atoms with E-state index in [0.29, 0.717) is 0 Å². The molecule has 0 radical (unpaired) electrons. The van der Waals surface area contributed by atoms with Gasteiger partial charge < -0.3 is 9.88 Å². The van der Waals surface area contributed by atoms with Crippen molar-refractivity contribution in [3.05, 3.63) is 114 Å². The molecule has 0 aliphatic rings. The summed E-state index contributed by atoms with van der Waals surface area (Å²) in [7, 11) is 0. The average Bonchev–Trinajstić information content (AvgIpc) is 3.25. The number of fused-ring (bicyclic) bond motifs is 1. The van der Waals surface area contributed by atoms with E-state index in [-0.39, 0.29) is 0 Å². The zero-order valence-electron chi connectivity index (χ0n) is 20.3. The van der Waals surface area contributed by atoms with Gasteiger partial charge in [0.05, 0.1) is 22.4 Å². The molecule has 170 valence electrons. The summed E-state index contributed by atoms with van der Waals surface area (Å²) < 4.78 is 2.46. The smallest absolute Gasteiger partial charge is 0.0699 e. The molecule has 1 heterocycles. The molecule has 7 aromatic carbocycles. The Morgan fingerprint density at radius 1 is 0.528 bits per heavy atom. The van der Waals surface area contributed by atoms with Crippen molar-refractivity contribution >= 4 is 65.5 Å². The molecule has 8 rings (SSSR count). The van der Waals surface area contributed by atoms with Gasteiger partial charge in [0.2, 0.25) is 0 Å². The highest BCUT2D eigenvalue weighted by Gasteiger charge is 2.23. The Bertz CT molecular complexity index is 1970. The van der Waals surface area contributed by atoms with Gasteiger partial charge in [0.15, 0.2) is 0 Å². The normalized spacial score (nSPS) is 12.2. The lowest BCUT2D eigenvalue weighted by Gasteiger charge is -2.16. The second kappa shape index (κ2) is 6.99. The maximum Gasteiger partial charge on any atom is 0.0699 e. The van der Waals surface area contributed by atoms with Crippen LogP contribution in [0.1, 0.15) is 11.1 Å². The minimum Gasteiger partial charge on any atom is -0.354 e. The van der Waals surface area contributed by atoms with Gasteiger partial charge in [-0.25, -0.2) is 0 Å². The SMILES string of the molecule is Cc1ccc(Nc2ccc(C)cc2-n2c3ccc4cccc5c6cccc7ccc2c(c76)c3c45)cc1. The number of nitrogens with zero attached hydrogens (tertiary/aromatic N) is 1. The number of nitrogens with one attached hydrogen (secondary N) is 1. The first-order valence-electron chi connectivity index (χ1n) is 12.5. The van der Waals surface area contributed by atoms with Crippen LogP contribution in [0.5, 0.6) is 0 Å². The first kappa shape index (κ1) is 19.7. The van der Waals surface area contributed by atoms with E-state index in [9.17, 15) is 0 Å². The van der Waals surface area contributed by atoms with Crippen LogP contribution < -0.4 is 5.32 Å². The predicted molar refractivity (Wildman–Crippen MR) is 155 cm³/mol. The maximum atomic E-state index is 3.71. The molecular weight excluding hydrogens is 436 g/mol. The first-order valence-corrected chi connectivity index (χ1v) is 12.5. The maximum absolute atomic E-state index is 3.71. The summed E-state index contributed by atoms with van der Waals surface area (Å²) in [5.41, 5.74) is 8.38. The molecule has 8 aromatic rings. The number of anilines is 2. The van der Waals surface area contributed by atoms with Crippen LogP contribution in [-0.4, -0.2) is 4.57 Å². The Balaban J connectivity index is 1.53. The van der Waals surface area contributed by atoms with Crippen molar-refractivity contribution < 1.29 is 0 Å². The summed E-state index contributed by atoms with van der Waals surface area (Å²) in [5.74, 6) is 0. The third kappa shape index (κ3) is 2.56. The van der Waals surface area contributed by atoms with Crippen molar-refractivity contribution in [3.8, 4) is 5.69 Å². The molecule has 0 fully saturated rings. The molecule has 2 heteroatoms. The summed E-state index contributed by atoms with van der Waals surface area (Å²) in [4.78, 5) is 0. The highest BCUT2D eigenvalue weighted by Crippen LogP contribution is 2.47. The van der Waals surface area contributed by atoms with Crippen LogP contribution >= 0.6 is 0 Å². The Labute approximate surface area is 209 Å². The molecule has 1 N–H and O–H groups in total. The van der Waals surface area contributed by atoms with Crippen molar-refractivity contribution in [3.63, 3.8) is 0 Å². The van der Waals surface area contributed by atoms with Crippen molar-refractivity contribution in [1.29, 1.82) is 0 Å². The number of hydrogen-bond acceptors (Lipinski definition) is 1. The molecule has 0 aliphatic heterocycles. The van der Waals surface area contributed by atoms with Gasteiger partial charge in [-0.05, 0) is 88.1 Å². The molecule has 0 atom stereocenters. The number of aromatic nitrogens is 1. The van der Waals surface area contributed by atoms with Gasteiger partial charge in [-0.15, -0.1) is 0 Å². The zero-order valence-corrected chi connectivity index (χ0v) is 20.3. The fraction of sp³-hybridized carbons (Fsp3) is 0.0588. The monoisotopic (exact) mass is 460 g/mol. The summed E-state index contributed by atoms with van der Waals surface area (Å²) in [6.45, 7) is 4.30. The molecule has 2 nitrogen and oxygen atoms in total. The summed E-state index contributed by atoms with van der Waals surface area (Å²) >= 11 is 0. The number of rotatable bonds is 3. The van der Waals surface area contributed by atoms with Crippen LogP contribution in [0.4, 0.5) is 11.4 Å². The zero-order chi connectivity index (χ0) is 24.0. The number of benzene rings is 7. The highest BCUT2D eigenvalue weighted by atomic mass is 15.0. The van der Waals surface area contributed by atoms with Crippen molar-refractivity contribution in [2.45, 2.75) is 13.8 Å². The number of aryl methyl sites for hydroxylation is 2. The first-order chi connectivity index (χ1) is 17.7. The van der Waals surface area contributed by atoms with Gasteiger partial charge in [-0.2, -0.15) is 0 Å². The fourth-order valence-electron chi connectivity index (χ4n) is 6.18. The lowest BCUT2D eigenvalue weighted by molar-refractivity contribution is 1.17. The molecule has 0 aliphatic carbocycles. The van der Waals surface area contributed by atoms with E-state index in [1.807, 2.05) is 0 Å². The summed E-state index contributed by atoms with van der Waals surface area (Å²) in [6.07, 6.45) is 0. The molecule has 1 aromatic heterocycles. The number of hydrogen-bond donors (Lipinski definition) is 1. The van der Waals surface area contributed by atoms with Gasteiger partial charge in [-0.1, -0.05) is 72.3 Å². The van der Waals surface area contributed by atoms with Crippen LogP contribution in [0.15, 0.2) is 103 Å². The van der Waals surface area contributed by atoms with E-state index in [0.717, 1.165) is 11.4 Å². The summed E-state index contributed by atoms with van der Waals surface area (Å²) in [6, 6.07) is 37.9.